The van der Waals surface area contributed by atoms with Gasteiger partial charge in [-0.05, 0) is 60.9 Å². The van der Waals surface area contributed by atoms with Gasteiger partial charge in [-0.3, -0.25) is 9.36 Å². The molecule has 1 aliphatic heterocycles. The molecule has 0 bridgehead atoms. The largest absolute Gasteiger partial charge is 0.490 e. The van der Waals surface area contributed by atoms with Crippen molar-refractivity contribution in [1.82, 2.24) is 4.57 Å². The van der Waals surface area contributed by atoms with Gasteiger partial charge in [-0.1, -0.05) is 78.6 Å². The van der Waals surface area contributed by atoms with Gasteiger partial charge < -0.3 is 14.2 Å². The van der Waals surface area contributed by atoms with E-state index < -0.39 is 12.0 Å². The number of nitrogens with zero attached hydrogens (tertiary/aromatic N) is 2. The predicted molar refractivity (Wildman–Crippen MR) is 160 cm³/mol. The van der Waals surface area contributed by atoms with Gasteiger partial charge in [0.05, 0.1) is 28.5 Å². The zero-order chi connectivity index (χ0) is 28.8. The highest BCUT2D eigenvalue weighted by Crippen LogP contribution is 2.31. The lowest BCUT2D eigenvalue weighted by molar-refractivity contribution is -0.139. The van der Waals surface area contributed by atoms with E-state index >= 15 is 0 Å². The molecule has 0 saturated heterocycles. The summed E-state index contributed by atoms with van der Waals surface area (Å²) in [5.41, 5.74) is 3.25. The maximum atomic E-state index is 13.9. The Labute approximate surface area is 242 Å². The number of thiazole rings is 1. The van der Waals surface area contributed by atoms with Gasteiger partial charge >= 0.3 is 5.97 Å². The van der Waals surface area contributed by atoms with Crippen LogP contribution in [0.5, 0.6) is 11.5 Å². The number of esters is 1. The lowest BCUT2D eigenvalue weighted by Gasteiger charge is -2.24. The van der Waals surface area contributed by atoms with Crippen LogP contribution in [0.1, 0.15) is 36.6 Å². The first-order valence-electron chi connectivity index (χ1n) is 13.3. The first-order valence-corrected chi connectivity index (χ1v) is 14.1. The third kappa shape index (κ3) is 6.23. The average molecular weight is 567 g/mol. The van der Waals surface area contributed by atoms with Crippen LogP contribution in [0.2, 0.25) is 0 Å². The molecule has 208 valence electrons. The second kappa shape index (κ2) is 12.7. The van der Waals surface area contributed by atoms with Crippen molar-refractivity contribution in [2.45, 2.75) is 26.5 Å². The van der Waals surface area contributed by atoms with Crippen LogP contribution in [0.25, 0.3) is 6.08 Å². The molecule has 8 heteroatoms. The molecule has 0 amide bonds. The first-order chi connectivity index (χ1) is 20.0. The van der Waals surface area contributed by atoms with Gasteiger partial charge in [0, 0.05) is 0 Å². The van der Waals surface area contributed by atoms with E-state index in [9.17, 15) is 9.59 Å². The summed E-state index contributed by atoms with van der Waals surface area (Å²) in [5, 5.41) is 0. The Morgan fingerprint density at radius 2 is 1.80 bits per heavy atom. The smallest absolute Gasteiger partial charge is 0.338 e. The molecule has 41 heavy (non-hydrogen) atoms. The third-order valence-electron chi connectivity index (χ3n) is 6.48. The standard InChI is InChI=1S/C33H30N2O5S/c1-4-18-39-26-16-14-25(15-17-26)30-29(32(37)38-5-2)22(3)34-33-35(30)31(36)28(41-33)20-24-12-9-13-27(19-24)40-21-23-10-7-6-8-11-23/h4,6-17,19-20,30H,1,5,18,21H2,2-3H3/b28-20+/t30-/m0/s1. The number of hydrogen-bond acceptors (Lipinski definition) is 7. The van der Waals surface area contributed by atoms with E-state index in [0.29, 0.717) is 45.3 Å². The maximum absolute atomic E-state index is 13.9. The number of fused-ring (bicyclic) bond motifs is 1. The molecule has 0 fully saturated rings. The van der Waals surface area contributed by atoms with Crippen LogP contribution in [0, 0.1) is 0 Å². The molecule has 0 spiro atoms. The fraction of sp³-hybridized carbons (Fsp3) is 0.182. The predicted octanol–water partition coefficient (Wildman–Crippen LogP) is 4.94. The van der Waals surface area contributed by atoms with E-state index in [4.69, 9.17) is 14.2 Å². The van der Waals surface area contributed by atoms with Crippen LogP contribution in [-0.2, 0) is 16.1 Å². The highest BCUT2D eigenvalue weighted by Gasteiger charge is 2.33. The van der Waals surface area contributed by atoms with Gasteiger partial charge in [0.1, 0.15) is 24.7 Å². The third-order valence-corrected chi connectivity index (χ3v) is 7.47. The molecule has 0 N–H and O–H groups in total. The molecular weight excluding hydrogens is 536 g/mol. The van der Waals surface area contributed by atoms with Crippen LogP contribution >= 0.6 is 11.3 Å². The average Bonchev–Trinajstić information content (AvgIpc) is 3.29. The summed E-state index contributed by atoms with van der Waals surface area (Å²) in [6, 6.07) is 24.2. The molecule has 1 aromatic heterocycles. The Kier molecular flexibility index (Phi) is 8.60. The van der Waals surface area contributed by atoms with Crippen molar-refractivity contribution in [2.75, 3.05) is 13.2 Å². The van der Waals surface area contributed by atoms with Crippen molar-refractivity contribution in [3.63, 3.8) is 0 Å². The number of rotatable bonds is 10. The Morgan fingerprint density at radius 1 is 1.02 bits per heavy atom. The van der Waals surface area contributed by atoms with Gasteiger partial charge in [0.2, 0.25) is 0 Å². The van der Waals surface area contributed by atoms with Crippen molar-refractivity contribution in [2.24, 2.45) is 4.99 Å². The minimum atomic E-state index is -0.693. The van der Waals surface area contributed by atoms with Crippen molar-refractivity contribution >= 4 is 23.4 Å². The number of hydrogen-bond donors (Lipinski definition) is 0. The highest BCUT2D eigenvalue weighted by atomic mass is 32.1. The first kappa shape index (κ1) is 27.9. The van der Waals surface area contributed by atoms with Gasteiger partial charge in [0.15, 0.2) is 4.80 Å². The topological polar surface area (TPSA) is 79.1 Å². The summed E-state index contributed by atoms with van der Waals surface area (Å²) < 4.78 is 19.1. The minimum absolute atomic E-state index is 0.212. The van der Waals surface area contributed by atoms with Crippen molar-refractivity contribution < 1.29 is 19.0 Å². The quantitative estimate of drug-likeness (QED) is 0.201. The monoisotopic (exact) mass is 566 g/mol. The number of benzene rings is 3. The zero-order valence-corrected chi connectivity index (χ0v) is 23.7. The van der Waals surface area contributed by atoms with Gasteiger partial charge in [-0.15, -0.1) is 0 Å². The minimum Gasteiger partial charge on any atom is -0.490 e. The maximum Gasteiger partial charge on any atom is 0.338 e. The van der Waals surface area contributed by atoms with Crippen LogP contribution in [-0.4, -0.2) is 23.8 Å². The molecule has 1 atom stereocenters. The Hall–Kier alpha value is -4.69. The number of carbonyl (C=O) groups excluding carboxylic acids is 1. The molecule has 7 nitrogen and oxygen atoms in total. The van der Waals surface area contributed by atoms with E-state index in [0.717, 1.165) is 16.7 Å². The lowest BCUT2D eigenvalue weighted by Crippen LogP contribution is -2.39. The fourth-order valence-electron chi connectivity index (χ4n) is 4.59. The summed E-state index contributed by atoms with van der Waals surface area (Å²) in [5.74, 6) is 0.865. The summed E-state index contributed by atoms with van der Waals surface area (Å²) >= 11 is 1.28. The van der Waals surface area contributed by atoms with Crippen LogP contribution in [0.15, 0.2) is 113 Å². The fourth-order valence-corrected chi connectivity index (χ4v) is 5.64. The normalized spacial score (nSPS) is 14.7. The van der Waals surface area contributed by atoms with E-state index in [1.165, 1.54) is 11.3 Å². The van der Waals surface area contributed by atoms with Crippen LogP contribution in [0.3, 0.4) is 0 Å². The number of carbonyl (C=O) groups is 1. The van der Waals surface area contributed by atoms with Crippen molar-refractivity contribution in [1.29, 1.82) is 0 Å². The molecule has 0 radical (unpaired) electrons. The molecule has 2 heterocycles. The number of aromatic nitrogens is 1. The summed E-state index contributed by atoms with van der Waals surface area (Å²) in [6.45, 7) is 8.23. The zero-order valence-electron chi connectivity index (χ0n) is 22.9. The molecule has 3 aromatic carbocycles. The Bertz CT molecular complexity index is 1770. The molecule has 0 unspecified atom stereocenters. The van der Waals surface area contributed by atoms with Gasteiger partial charge in [-0.2, -0.15) is 0 Å². The second-order valence-corrected chi connectivity index (χ2v) is 10.3. The molecule has 4 aromatic rings. The lowest BCUT2D eigenvalue weighted by atomic mass is 9.96. The van der Waals surface area contributed by atoms with Crippen molar-refractivity contribution in [3.8, 4) is 11.5 Å². The molecule has 0 aliphatic carbocycles. The van der Waals surface area contributed by atoms with E-state index in [-0.39, 0.29) is 12.2 Å². The second-order valence-electron chi connectivity index (χ2n) is 9.32. The molecular formula is C33H30N2O5S. The summed E-state index contributed by atoms with van der Waals surface area (Å²) in [4.78, 5) is 32.2. The summed E-state index contributed by atoms with van der Waals surface area (Å²) in [7, 11) is 0. The van der Waals surface area contributed by atoms with Crippen molar-refractivity contribution in [3.05, 3.63) is 139 Å². The van der Waals surface area contributed by atoms with Crippen LogP contribution in [0.4, 0.5) is 0 Å². The number of ether oxygens (including phenoxy) is 3. The summed E-state index contributed by atoms with van der Waals surface area (Å²) in [6.07, 6.45) is 3.49. The Morgan fingerprint density at radius 3 is 2.54 bits per heavy atom. The molecule has 0 saturated carbocycles. The van der Waals surface area contributed by atoms with E-state index in [1.807, 2.05) is 84.9 Å². The number of allylic oxidation sites excluding steroid dienone is 1. The van der Waals surface area contributed by atoms with E-state index in [1.54, 1.807) is 24.5 Å². The van der Waals surface area contributed by atoms with Gasteiger partial charge in [0.25, 0.3) is 5.56 Å². The molecule has 1 aliphatic rings. The SMILES string of the molecule is C=CCOc1ccc([C@H]2C(C(=O)OCC)=C(C)N=c3s/c(=C/c4cccc(OCc5ccccc5)c4)c(=O)n32)cc1. The van der Waals surface area contributed by atoms with Crippen LogP contribution < -0.4 is 24.4 Å². The molecule has 5 rings (SSSR count). The Balaban J connectivity index is 1.54. The van der Waals surface area contributed by atoms with E-state index in [2.05, 4.69) is 11.6 Å². The van der Waals surface area contributed by atoms with Gasteiger partial charge in [-0.25, -0.2) is 9.79 Å². The highest BCUT2D eigenvalue weighted by molar-refractivity contribution is 7.07.